The lowest BCUT2D eigenvalue weighted by molar-refractivity contribution is 0.268. The Bertz CT molecular complexity index is 624. The zero-order chi connectivity index (χ0) is 15.6. The van der Waals surface area contributed by atoms with Gasteiger partial charge in [-0.3, -0.25) is 4.90 Å². The summed E-state index contributed by atoms with van der Waals surface area (Å²) in [5.74, 6) is -0.730. The Morgan fingerprint density at radius 3 is 2.90 bits per heavy atom. The van der Waals surface area contributed by atoms with Crippen molar-refractivity contribution in [2.75, 3.05) is 25.4 Å². The van der Waals surface area contributed by atoms with E-state index in [-0.39, 0.29) is 21.6 Å². The Morgan fingerprint density at radius 2 is 2.24 bits per heavy atom. The smallest absolute Gasteiger partial charge is 0.242 e. The van der Waals surface area contributed by atoms with Crippen LogP contribution in [0.2, 0.25) is 5.02 Å². The van der Waals surface area contributed by atoms with Crippen LogP contribution in [0.25, 0.3) is 0 Å². The van der Waals surface area contributed by atoms with Gasteiger partial charge in [0.2, 0.25) is 10.0 Å². The van der Waals surface area contributed by atoms with Gasteiger partial charge >= 0.3 is 0 Å². The summed E-state index contributed by atoms with van der Waals surface area (Å²) in [5.41, 5.74) is 5.17. The number of hydrogen-bond donors (Lipinski definition) is 2. The topological polar surface area (TPSA) is 75.4 Å². The standard InChI is InChI=1S/C13H19ClFN3O2S/c1-2-18-5-3-4-9(18)8-17-21(19,20)13-7-12(16)11(15)6-10(13)14/h6-7,9,17H,2-5,8,16H2,1H3. The van der Waals surface area contributed by atoms with Crippen LogP contribution in [0, 0.1) is 5.82 Å². The molecule has 0 bridgehead atoms. The highest BCUT2D eigenvalue weighted by molar-refractivity contribution is 7.89. The molecule has 1 aliphatic rings. The van der Waals surface area contributed by atoms with E-state index in [1.165, 1.54) is 0 Å². The van der Waals surface area contributed by atoms with Crippen LogP contribution >= 0.6 is 11.6 Å². The molecule has 1 heterocycles. The minimum atomic E-state index is -3.80. The molecule has 1 fully saturated rings. The first-order chi connectivity index (χ1) is 9.85. The fourth-order valence-electron chi connectivity index (χ4n) is 2.58. The number of likely N-dealkylation sites (N-methyl/N-ethyl adjacent to an activating group) is 1. The van der Waals surface area contributed by atoms with Crippen molar-refractivity contribution in [3.63, 3.8) is 0 Å². The van der Waals surface area contributed by atoms with E-state index >= 15 is 0 Å². The van der Waals surface area contributed by atoms with Crippen molar-refractivity contribution in [3.05, 3.63) is 23.0 Å². The van der Waals surface area contributed by atoms with Crippen molar-refractivity contribution in [1.82, 2.24) is 9.62 Å². The zero-order valence-electron chi connectivity index (χ0n) is 11.8. The van der Waals surface area contributed by atoms with Gasteiger partial charge < -0.3 is 5.73 Å². The molecule has 1 aromatic rings. The van der Waals surface area contributed by atoms with E-state index in [0.717, 1.165) is 38.1 Å². The summed E-state index contributed by atoms with van der Waals surface area (Å²) < 4.78 is 40.3. The second-order valence-electron chi connectivity index (χ2n) is 5.08. The molecule has 0 aromatic heterocycles. The first kappa shape index (κ1) is 16.5. The van der Waals surface area contributed by atoms with E-state index < -0.39 is 15.8 Å². The molecule has 3 N–H and O–H groups in total. The lowest BCUT2D eigenvalue weighted by Crippen LogP contribution is -2.40. The Labute approximate surface area is 129 Å². The third-order valence-electron chi connectivity index (χ3n) is 3.75. The highest BCUT2D eigenvalue weighted by Gasteiger charge is 2.26. The number of halogens is 2. The number of nitrogens with two attached hydrogens (primary N) is 1. The van der Waals surface area contributed by atoms with Crippen molar-refractivity contribution in [2.45, 2.75) is 30.7 Å². The summed E-state index contributed by atoms with van der Waals surface area (Å²) in [4.78, 5) is 2.03. The van der Waals surface area contributed by atoms with Gasteiger partial charge in [-0.25, -0.2) is 17.5 Å². The van der Waals surface area contributed by atoms with E-state index in [4.69, 9.17) is 17.3 Å². The van der Waals surface area contributed by atoms with Gasteiger partial charge in [-0.15, -0.1) is 0 Å². The fraction of sp³-hybridized carbons (Fsp3) is 0.538. The summed E-state index contributed by atoms with van der Waals surface area (Å²) in [5, 5.41) is -0.173. The largest absolute Gasteiger partial charge is 0.396 e. The molecule has 1 aromatic carbocycles. The lowest BCUT2D eigenvalue weighted by atomic mass is 10.2. The number of hydrogen-bond acceptors (Lipinski definition) is 4. The van der Waals surface area contributed by atoms with Crippen LogP contribution in [0.1, 0.15) is 19.8 Å². The van der Waals surface area contributed by atoms with E-state index in [9.17, 15) is 12.8 Å². The minimum absolute atomic E-state index is 0.173. The first-order valence-electron chi connectivity index (χ1n) is 6.83. The SMILES string of the molecule is CCN1CCCC1CNS(=O)(=O)c1cc(N)c(F)cc1Cl. The number of nitrogens with one attached hydrogen (secondary N) is 1. The van der Waals surface area contributed by atoms with Gasteiger partial charge in [0.15, 0.2) is 0 Å². The number of sulfonamides is 1. The molecule has 8 heteroatoms. The number of rotatable bonds is 5. The highest BCUT2D eigenvalue weighted by atomic mass is 35.5. The Balaban J connectivity index is 2.14. The summed E-state index contributed by atoms with van der Waals surface area (Å²) in [6, 6.07) is 2.15. The molecule has 2 rings (SSSR count). The second kappa shape index (κ2) is 6.48. The number of nitrogens with zero attached hydrogens (tertiary/aromatic N) is 1. The Hall–Kier alpha value is -0.890. The Morgan fingerprint density at radius 1 is 1.52 bits per heavy atom. The van der Waals surface area contributed by atoms with Gasteiger partial charge in [-0.05, 0) is 38.1 Å². The van der Waals surface area contributed by atoms with Crippen molar-refractivity contribution in [2.24, 2.45) is 0 Å². The third-order valence-corrected chi connectivity index (χ3v) is 5.64. The second-order valence-corrected chi connectivity index (χ2v) is 7.22. The molecule has 118 valence electrons. The lowest BCUT2D eigenvalue weighted by Gasteiger charge is -2.23. The predicted octanol–water partition coefficient (Wildman–Crippen LogP) is 1.82. The van der Waals surface area contributed by atoms with E-state index in [0.29, 0.717) is 6.54 Å². The molecule has 0 saturated carbocycles. The van der Waals surface area contributed by atoms with Crippen molar-refractivity contribution < 1.29 is 12.8 Å². The molecule has 1 saturated heterocycles. The van der Waals surface area contributed by atoms with Crippen LogP contribution in [0.5, 0.6) is 0 Å². The van der Waals surface area contributed by atoms with Crippen LogP contribution in [-0.4, -0.2) is 39.0 Å². The number of nitrogen functional groups attached to an aromatic ring is 1. The monoisotopic (exact) mass is 335 g/mol. The zero-order valence-corrected chi connectivity index (χ0v) is 13.3. The molecule has 0 radical (unpaired) electrons. The van der Waals surface area contributed by atoms with Gasteiger partial charge in [0.1, 0.15) is 10.7 Å². The summed E-state index contributed by atoms with van der Waals surface area (Å²) >= 11 is 5.81. The number of benzene rings is 1. The van der Waals surface area contributed by atoms with Crippen molar-refractivity contribution >= 4 is 27.3 Å². The molecule has 1 aliphatic heterocycles. The van der Waals surface area contributed by atoms with Crippen LogP contribution in [-0.2, 0) is 10.0 Å². The predicted molar refractivity (Wildman–Crippen MR) is 81.3 cm³/mol. The van der Waals surface area contributed by atoms with Crippen LogP contribution in [0.15, 0.2) is 17.0 Å². The van der Waals surface area contributed by atoms with E-state index in [1.807, 2.05) is 6.92 Å². The maximum absolute atomic E-state index is 13.2. The maximum Gasteiger partial charge on any atom is 0.242 e. The molecule has 0 aliphatic carbocycles. The van der Waals surface area contributed by atoms with Gasteiger partial charge in [-0.2, -0.15) is 0 Å². The highest BCUT2D eigenvalue weighted by Crippen LogP contribution is 2.26. The van der Waals surface area contributed by atoms with Gasteiger partial charge in [0, 0.05) is 12.6 Å². The fourth-order valence-corrected chi connectivity index (χ4v) is 4.20. The van der Waals surface area contributed by atoms with Gasteiger partial charge in [0.25, 0.3) is 0 Å². The van der Waals surface area contributed by atoms with Crippen molar-refractivity contribution in [3.8, 4) is 0 Å². The number of anilines is 1. The van der Waals surface area contributed by atoms with Gasteiger partial charge in [0.05, 0.1) is 10.7 Å². The molecule has 5 nitrogen and oxygen atoms in total. The molecule has 0 amide bonds. The van der Waals surface area contributed by atoms with Crippen molar-refractivity contribution in [1.29, 1.82) is 0 Å². The quantitative estimate of drug-likeness (QED) is 0.805. The molecule has 0 spiro atoms. The van der Waals surface area contributed by atoms with Crippen LogP contribution in [0.4, 0.5) is 10.1 Å². The van der Waals surface area contributed by atoms with E-state index in [2.05, 4.69) is 9.62 Å². The molecule has 1 atom stereocenters. The molecular weight excluding hydrogens is 317 g/mol. The summed E-state index contributed by atoms with van der Waals surface area (Å²) in [6.07, 6.45) is 2.01. The molecular formula is C13H19ClFN3O2S. The molecule has 21 heavy (non-hydrogen) atoms. The minimum Gasteiger partial charge on any atom is -0.396 e. The first-order valence-corrected chi connectivity index (χ1v) is 8.69. The number of likely N-dealkylation sites (tertiary alicyclic amines) is 1. The van der Waals surface area contributed by atoms with E-state index in [1.54, 1.807) is 0 Å². The van der Waals surface area contributed by atoms with Crippen LogP contribution in [0.3, 0.4) is 0 Å². The summed E-state index contributed by atoms with van der Waals surface area (Å²) in [6.45, 7) is 4.22. The average molecular weight is 336 g/mol. The normalized spacial score (nSPS) is 20.0. The Kier molecular flexibility index (Phi) is 5.08. The maximum atomic E-state index is 13.2. The third kappa shape index (κ3) is 3.66. The molecule has 1 unspecified atom stereocenters. The van der Waals surface area contributed by atoms with Crippen LogP contribution < -0.4 is 10.5 Å². The average Bonchev–Trinajstić information content (AvgIpc) is 2.88. The van der Waals surface area contributed by atoms with Gasteiger partial charge in [-0.1, -0.05) is 18.5 Å². The summed E-state index contributed by atoms with van der Waals surface area (Å²) in [7, 11) is -3.80.